The van der Waals surface area contributed by atoms with E-state index in [-0.39, 0.29) is 43.3 Å². The predicted octanol–water partition coefficient (Wildman–Crippen LogP) is 3.75. The van der Waals surface area contributed by atoms with Crippen molar-refractivity contribution in [3.8, 4) is 0 Å². The van der Waals surface area contributed by atoms with Crippen molar-refractivity contribution < 1.29 is 26.8 Å². The van der Waals surface area contributed by atoms with Gasteiger partial charge in [0.1, 0.15) is 23.5 Å². The van der Waals surface area contributed by atoms with Gasteiger partial charge in [-0.25, -0.2) is 32.6 Å². The fourth-order valence-corrected chi connectivity index (χ4v) is 7.01. The highest BCUT2D eigenvalue weighted by molar-refractivity contribution is 7.91. The number of hydrogen-bond donors (Lipinski definition) is 2. The number of carbonyl (C=O) groups is 2. The van der Waals surface area contributed by atoms with Crippen LogP contribution in [-0.4, -0.2) is 50.0 Å². The molecular formula is C27H26F2N6O4S3. The minimum Gasteiger partial charge on any atom is -0.325 e. The number of carbonyl (C=O) groups excluding carboxylic acids is 2. The highest BCUT2D eigenvalue weighted by atomic mass is 32.2. The number of benzene rings is 2. The molecule has 4 aromatic rings. The Bertz CT molecular complexity index is 1780. The Morgan fingerprint density at radius 3 is 2.57 bits per heavy atom. The van der Waals surface area contributed by atoms with E-state index < -0.39 is 39.8 Å². The first-order chi connectivity index (χ1) is 19.5. The summed E-state index contributed by atoms with van der Waals surface area (Å²) in [6.45, 7) is 0.148. The van der Waals surface area contributed by atoms with E-state index in [4.69, 9.17) is 0 Å². The van der Waals surface area contributed by atoms with Crippen molar-refractivity contribution >= 4 is 68.7 Å². The lowest BCUT2D eigenvalue weighted by Gasteiger charge is -2.26. The van der Waals surface area contributed by atoms with Gasteiger partial charge in [-0.15, -0.1) is 11.3 Å². The summed E-state index contributed by atoms with van der Waals surface area (Å²) in [6.07, 6.45) is 2.79. The number of fused-ring (bicyclic) bond motifs is 3. The van der Waals surface area contributed by atoms with E-state index in [9.17, 15) is 26.8 Å². The van der Waals surface area contributed by atoms with Crippen LogP contribution < -0.4 is 19.2 Å². The fourth-order valence-electron chi connectivity index (χ4n) is 5.16. The summed E-state index contributed by atoms with van der Waals surface area (Å²) in [4.78, 5) is 36.4. The standard InChI is InChI=1S/C27H24F2N6O4S2.H2S/c1-34(19-4-5-23-21(13-19)31-15-40-23)25(36)22(11-16-9-17(28)12-18(29)10-16)32-26(37)33-41(38,39)35-14-27(6-7-27)20-3-2-8-30-24(20)35;/h2-5,8-10,12-13,15,22H,6-7,11,14H2,1H3,(H2,32,33,37);1H2/t22-;/m0./s1. The summed E-state index contributed by atoms with van der Waals surface area (Å²) >= 11 is 1.43. The molecule has 2 aromatic carbocycles. The Morgan fingerprint density at radius 1 is 1.12 bits per heavy atom. The second kappa shape index (κ2) is 11.1. The topological polar surface area (TPSA) is 125 Å². The Morgan fingerprint density at radius 2 is 1.86 bits per heavy atom. The molecule has 1 aliphatic heterocycles. The minimum atomic E-state index is -4.39. The lowest BCUT2D eigenvalue weighted by molar-refractivity contribution is -0.120. The zero-order valence-corrected chi connectivity index (χ0v) is 24.8. The molecule has 1 fully saturated rings. The Labute approximate surface area is 251 Å². The SMILES string of the molecule is CN(C(=O)[C@H](Cc1cc(F)cc(F)c1)NC(=O)NS(=O)(=O)N1CC2(CC2)c2cccnc21)c1ccc2scnc2c1.S. The Hall–Kier alpha value is -3.82. The summed E-state index contributed by atoms with van der Waals surface area (Å²) in [5, 5.41) is 2.40. The number of halogens is 2. The number of nitrogens with one attached hydrogen (secondary N) is 2. The van der Waals surface area contributed by atoms with Crippen molar-refractivity contribution in [2.24, 2.45) is 0 Å². The van der Waals surface area contributed by atoms with Gasteiger partial charge in [0.05, 0.1) is 15.7 Å². The zero-order chi connectivity index (χ0) is 28.9. The van der Waals surface area contributed by atoms with Gasteiger partial charge < -0.3 is 10.2 Å². The molecule has 3 heterocycles. The number of aromatic nitrogens is 2. The number of urea groups is 1. The highest BCUT2D eigenvalue weighted by Gasteiger charge is 2.55. The molecule has 15 heteroatoms. The number of pyridine rings is 1. The molecule has 220 valence electrons. The van der Waals surface area contributed by atoms with Crippen LogP contribution in [0.2, 0.25) is 0 Å². The molecule has 0 bridgehead atoms. The number of thiazole rings is 1. The van der Waals surface area contributed by atoms with Crippen molar-refractivity contribution in [3.63, 3.8) is 0 Å². The van der Waals surface area contributed by atoms with Crippen LogP contribution in [0.3, 0.4) is 0 Å². The zero-order valence-electron chi connectivity index (χ0n) is 22.2. The lowest BCUT2D eigenvalue weighted by atomic mass is 10.0. The second-order valence-corrected chi connectivity index (χ2v) is 12.7. The highest BCUT2D eigenvalue weighted by Crippen LogP contribution is 2.56. The van der Waals surface area contributed by atoms with E-state index in [0.717, 1.165) is 39.5 Å². The molecule has 42 heavy (non-hydrogen) atoms. The van der Waals surface area contributed by atoms with Gasteiger partial charge in [0.15, 0.2) is 0 Å². The molecule has 0 radical (unpaired) electrons. The van der Waals surface area contributed by atoms with E-state index >= 15 is 0 Å². The van der Waals surface area contributed by atoms with Crippen LogP contribution in [0.5, 0.6) is 0 Å². The van der Waals surface area contributed by atoms with Crippen LogP contribution in [0, 0.1) is 11.6 Å². The maximum absolute atomic E-state index is 13.9. The van der Waals surface area contributed by atoms with Gasteiger partial charge >= 0.3 is 16.2 Å². The first-order valence-corrected chi connectivity index (χ1v) is 15.0. The Kier molecular flexibility index (Phi) is 7.85. The summed E-state index contributed by atoms with van der Waals surface area (Å²) in [6, 6.07) is 9.00. The van der Waals surface area contributed by atoms with Gasteiger partial charge in [-0.3, -0.25) is 4.79 Å². The third kappa shape index (κ3) is 5.63. The summed E-state index contributed by atoms with van der Waals surface area (Å²) in [7, 11) is -2.92. The molecule has 10 nitrogen and oxygen atoms in total. The lowest BCUT2D eigenvalue weighted by Crippen LogP contribution is -2.54. The predicted molar refractivity (Wildman–Crippen MR) is 160 cm³/mol. The maximum atomic E-state index is 13.9. The molecule has 2 N–H and O–H groups in total. The smallest absolute Gasteiger partial charge is 0.325 e. The van der Waals surface area contributed by atoms with Crippen molar-refractivity contribution in [2.75, 3.05) is 22.8 Å². The molecule has 2 aromatic heterocycles. The number of likely N-dealkylation sites (N-methyl/N-ethyl adjacent to an activating group) is 1. The van der Waals surface area contributed by atoms with Crippen LogP contribution in [-0.2, 0) is 26.8 Å². The normalized spacial score (nSPS) is 15.5. The number of nitrogens with zero attached hydrogens (tertiary/aromatic N) is 4. The van der Waals surface area contributed by atoms with E-state index in [1.54, 1.807) is 29.8 Å². The maximum Gasteiger partial charge on any atom is 0.330 e. The first kappa shape index (κ1) is 29.7. The summed E-state index contributed by atoms with van der Waals surface area (Å²) < 4.78 is 58.4. The minimum absolute atomic E-state index is 0. The molecule has 1 aliphatic carbocycles. The number of hydrogen-bond acceptors (Lipinski definition) is 7. The van der Waals surface area contributed by atoms with Crippen molar-refractivity contribution in [3.05, 3.63) is 83.0 Å². The number of anilines is 2. The van der Waals surface area contributed by atoms with Crippen LogP contribution in [0.15, 0.2) is 60.2 Å². The van der Waals surface area contributed by atoms with Crippen molar-refractivity contribution in [1.82, 2.24) is 20.0 Å². The average molecular weight is 633 g/mol. The van der Waals surface area contributed by atoms with Crippen molar-refractivity contribution in [2.45, 2.75) is 30.7 Å². The van der Waals surface area contributed by atoms with Crippen LogP contribution in [0.4, 0.5) is 25.1 Å². The molecule has 6 rings (SSSR count). The fraction of sp³-hybridized carbons (Fsp3) is 0.259. The van der Waals surface area contributed by atoms with Crippen molar-refractivity contribution in [1.29, 1.82) is 0 Å². The van der Waals surface area contributed by atoms with E-state index in [0.29, 0.717) is 17.3 Å². The monoisotopic (exact) mass is 632 g/mol. The molecule has 0 unspecified atom stereocenters. The molecular weight excluding hydrogens is 607 g/mol. The quantitative estimate of drug-likeness (QED) is 0.320. The second-order valence-electron chi connectivity index (χ2n) is 10.2. The first-order valence-electron chi connectivity index (χ1n) is 12.7. The third-order valence-corrected chi connectivity index (χ3v) is 9.54. The number of rotatable bonds is 7. The molecule has 3 amide bonds. The number of amides is 3. The van der Waals surface area contributed by atoms with Crippen LogP contribution in [0.1, 0.15) is 24.0 Å². The molecule has 2 aliphatic rings. The van der Waals surface area contributed by atoms with E-state index in [1.165, 1.54) is 29.5 Å². The van der Waals surface area contributed by atoms with Gasteiger partial charge in [0.25, 0.3) is 0 Å². The molecule has 1 atom stereocenters. The van der Waals surface area contributed by atoms with Gasteiger partial charge in [-0.2, -0.15) is 21.9 Å². The Balaban J connectivity index is 0.00000353. The van der Waals surface area contributed by atoms with Crippen LogP contribution in [0.25, 0.3) is 10.2 Å². The van der Waals surface area contributed by atoms with E-state index in [1.807, 2.05) is 10.8 Å². The summed E-state index contributed by atoms with van der Waals surface area (Å²) in [5.74, 6) is -2.09. The van der Waals surface area contributed by atoms with Gasteiger partial charge in [0.2, 0.25) is 5.91 Å². The van der Waals surface area contributed by atoms with Gasteiger partial charge in [0, 0.05) is 48.9 Å². The largest absolute Gasteiger partial charge is 0.330 e. The molecule has 0 saturated heterocycles. The average Bonchev–Trinajstić information content (AvgIpc) is 3.41. The summed E-state index contributed by atoms with van der Waals surface area (Å²) in [5.41, 5.74) is 3.40. The van der Waals surface area contributed by atoms with Gasteiger partial charge in [-0.1, -0.05) is 6.07 Å². The third-order valence-electron chi connectivity index (χ3n) is 7.40. The molecule has 1 spiro atoms. The van der Waals surface area contributed by atoms with Gasteiger partial charge in [-0.05, 0) is 54.8 Å². The van der Waals surface area contributed by atoms with E-state index in [2.05, 4.69) is 15.3 Å². The van der Waals surface area contributed by atoms with Crippen LogP contribution >= 0.6 is 24.8 Å². The molecule has 1 saturated carbocycles.